The van der Waals surface area contributed by atoms with Crippen LogP contribution in [0.5, 0.6) is 0 Å². The second kappa shape index (κ2) is 5.26. The van der Waals surface area contributed by atoms with Crippen LogP contribution in [0.3, 0.4) is 0 Å². The zero-order chi connectivity index (χ0) is 11.4. The Balaban J connectivity index is 2.90. The first-order chi connectivity index (χ1) is 7.07. The first kappa shape index (κ1) is 12.2. The van der Waals surface area contributed by atoms with Crippen molar-refractivity contribution in [3.05, 3.63) is 35.1 Å². The first-order valence-electron chi connectivity index (χ1n) is 5.58. The molecule has 1 aromatic rings. The zero-order valence-electron chi connectivity index (χ0n) is 9.76. The van der Waals surface area contributed by atoms with Crippen LogP contribution in [0.15, 0.2) is 18.2 Å². The molecule has 0 bridgehead atoms. The highest BCUT2D eigenvalue weighted by atomic mass is 19.1. The van der Waals surface area contributed by atoms with Gasteiger partial charge in [0, 0.05) is 11.6 Å². The first-order valence-corrected chi connectivity index (χ1v) is 5.58. The number of halogens is 1. The molecular weight excluding hydrogens is 189 g/mol. The Morgan fingerprint density at radius 3 is 2.67 bits per heavy atom. The molecule has 1 rings (SSSR count). The van der Waals surface area contributed by atoms with Gasteiger partial charge in [0.25, 0.3) is 0 Å². The fourth-order valence-corrected chi connectivity index (χ4v) is 1.87. The van der Waals surface area contributed by atoms with Crippen molar-refractivity contribution in [3.8, 4) is 0 Å². The van der Waals surface area contributed by atoms with Crippen molar-refractivity contribution in [1.29, 1.82) is 0 Å². The third-order valence-electron chi connectivity index (χ3n) is 2.94. The molecule has 2 atom stereocenters. The molecule has 0 aliphatic carbocycles. The van der Waals surface area contributed by atoms with Crippen molar-refractivity contribution < 1.29 is 4.39 Å². The topological polar surface area (TPSA) is 26.0 Å². The summed E-state index contributed by atoms with van der Waals surface area (Å²) in [6, 6.07) is 5.24. The smallest absolute Gasteiger partial charge is 0.130 e. The molecule has 0 saturated carbocycles. The number of hydrogen-bond acceptors (Lipinski definition) is 1. The summed E-state index contributed by atoms with van der Waals surface area (Å²) in [4.78, 5) is 0. The minimum atomic E-state index is -0.190. The summed E-state index contributed by atoms with van der Waals surface area (Å²) >= 11 is 0. The minimum absolute atomic E-state index is 0.145. The Bertz CT molecular complexity index is 322. The molecule has 0 saturated heterocycles. The van der Waals surface area contributed by atoms with E-state index in [9.17, 15) is 4.39 Å². The van der Waals surface area contributed by atoms with E-state index in [1.807, 2.05) is 6.07 Å². The molecular formula is C13H20FN. The van der Waals surface area contributed by atoms with Crippen LogP contribution < -0.4 is 5.73 Å². The maximum Gasteiger partial charge on any atom is 0.130 e. The van der Waals surface area contributed by atoms with Crippen LogP contribution in [0.25, 0.3) is 0 Å². The molecule has 0 spiro atoms. The van der Waals surface area contributed by atoms with Gasteiger partial charge >= 0.3 is 0 Å². The standard InChI is InChI=1S/C13H20FN/c1-4-6-10(3)13(15)11-8-5-7-9(2)12(11)14/h5,7-8,10,13H,4,6,15H2,1-3H3. The van der Waals surface area contributed by atoms with E-state index in [2.05, 4.69) is 13.8 Å². The van der Waals surface area contributed by atoms with Crippen LogP contribution in [0, 0.1) is 18.7 Å². The van der Waals surface area contributed by atoms with Gasteiger partial charge in [0.15, 0.2) is 0 Å². The average molecular weight is 209 g/mol. The summed E-state index contributed by atoms with van der Waals surface area (Å²) in [5.41, 5.74) is 7.38. The van der Waals surface area contributed by atoms with E-state index < -0.39 is 0 Å². The number of benzene rings is 1. The van der Waals surface area contributed by atoms with Crippen LogP contribution in [0.1, 0.15) is 43.9 Å². The van der Waals surface area contributed by atoms with Gasteiger partial charge in [-0.2, -0.15) is 0 Å². The normalized spacial score (nSPS) is 15.0. The second-order valence-corrected chi connectivity index (χ2v) is 4.27. The molecule has 0 aliphatic rings. The molecule has 15 heavy (non-hydrogen) atoms. The molecule has 2 unspecified atom stereocenters. The summed E-state index contributed by atoms with van der Waals surface area (Å²) < 4.78 is 13.8. The molecule has 0 aliphatic heterocycles. The fourth-order valence-electron chi connectivity index (χ4n) is 1.87. The number of aryl methyl sites for hydroxylation is 1. The number of hydrogen-bond donors (Lipinski definition) is 1. The van der Waals surface area contributed by atoms with E-state index in [-0.39, 0.29) is 11.9 Å². The molecule has 84 valence electrons. The van der Waals surface area contributed by atoms with Crippen LogP contribution in [-0.2, 0) is 0 Å². The monoisotopic (exact) mass is 209 g/mol. The highest BCUT2D eigenvalue weighted by Crippen LogP contribution is 2.26. The zero-order valence-corrected chi connectivity index (χ0v) is 9.76. The van der Waals surface area contributed by atoms with Crippen molar-refractivity contribution in [1.82, 2.24) is 0 Å². The molecule has 0 amide bonds. The summed E-state index contributed by atoms with van der Waals surface area (Å²) in [5, 5.41) is 0. The van der Waals surface area contributed by atoms with E-state index in [1.54, 1.807) is 19.1 Å². The Labute approximate surface area is 91.5 Å². The maximum absolute atomic E-state index is 13.8. The van der Waals surface area contributed by atoms with Crippen LogP contribution in [-0.4, -0.2) is 0 Å². The van der Waals surface area contributed by atoms with Crippen LogP contribution in [0.2, 0.25) is 0 Å². The molecule has 0 radical (unpaired) electrons. The Morgan fingerprint density at radius 1 is 1.40 bits per heavy atom. The third kappa shape index (κ3) is 2.78. The summed E-state index contributed by atoms with van der Waals surface area (Å²) in [6.45, 7) is 5.97. The molecule has 0 heterocycles. The summed E-state index contributed by atoms with van der Waals surface area (Å²) in [6.07, 6.45) is 2.12. The molecule has 2 N–H and O–H groups in total. The maximum atomic E-state index is 13.8. The lowest BCUT2D eigenvalue weighted by Crippen LogP contribution is -2.20. The SMILES string of the molecule is CCCC(C)C(N)c1cccc(C)c1F. The second-order valence-electron chi connectivity index (χ2n) is 4.27. The third-order valence-corrected chi connectivity index (χ3v) is 2.94. The van der Waals surface area contributed by atoms with Crippen LogP contribution >= 0.6 is 0 Å². The Morgan fingerprint density at radius 2 is 2.07 bits per heavy atom. The number of rotatable bonds is 4. The molecule has 1 nitrogen and oxygen atoms in total. The van der Waals surface area contributed by atoms with Gasteiger partial charge in [-0.1, -0.05) is 38.5 Å². The number of nitrogens with two attached hydrogens (primary N) is 1. The molecule has 0 aromatic heterocycles. The average Bonchev–Trinajstić information content (AvgIpc) is 2.21. The van der Waals surface area contributed by atoms with Gasteiger partial charge in [0.05, 0.1) is 0 Å². The molecule has 1 aromatic carbocycles. The largest absolute Gasteiger partial charge is 0.324 e. The molecule has 0 fully saturated rings. The lowest BCUT2D eigenvalue weighted by molar-refractivity contribution is 0.419. The van der Waals surface area contributed by atoms with Crippen molar-refractivity contribution in [2.24, 2.45) is 11.7 Å². The van der Waals surface area contributed by atoms with E-state index >= 15 is 0 Å². The highest BCUT2D eigenvalue weighted by Gasteiger charge is 2.18. The van der Waals surface area contributed by atoms with E-state index in [4.69, 9.17) is 5.73 Å². The summed E-state index contributed by atoms with van der Waals surface area (Å²) in [7, 11) is 0. The predicted molar refractivity (Wildman–Crippen MR) is 62.1 cm³/mol. The van der Waals surface area contributed by atoms with Gasteiger partial charge in [-0.05, 0) is 24.8 Å². The lowest BCUT2D eigenvalue weighted by Gasteiger charge is -2.20. The highest BCUT2D eigenvalue weighted by molar-refractivity contribution is 5.27. The van der Waals surface area contributed by atoms with Crippen molar-refractivity contribution >= 4 is 0 Å². The Hall–Kier alpha value is -0.890. The van der Waals surface area contributed by atoms with Gasteiger partial charge in [-0.25, -0.2) is 4.39 Å². The van der Waals surface area contributed by atoms with Gasteiger partial charge in [-0.15, -0.1) is 0 Å². The molecule has 2 heteroatoms. The van der Waals surface area contributed by atoms with E-state index in [0.29, 0.717) is 17.0 Å². The lowest BCUT2D eigenvalue weighted by atomic mass is 9.91. The van der Waals surface area contributed by atoms with Gasteiger partial charge in [0.1, 0.15) is 5.82 Å². The minimum Gasteiger partial charge on any atom is -0.324 e. The van der Waals surface area contributed by atoms with Crippen molar-refractivity contribution in [2.45, 2.75) is 39.7 Å². The fraction of sp³-hybridized carbons (Fsp3) is 0.538. The van der Waals surface area contributed by atoms with Gasteiger partial charge in [0.2, 0.25) is 0 Å². The van der Waals surface area contributed by atoms with Gasteiger partial charge in [-0.3, -0.25) is 0 Å². The van der Waals surface area contributed by atoms with E-state index in [0.717, 1.165) is 12.8 Å². The van der Waals surface area contributed by atoms with Crippen molar-refractivity contribution in [2.75, 3.05) is 0 Å². The quantitative estimate of drug-likeness (QED) is 0.806. The van der Waals surface area contributed by atoms with Crippen molar-refractivity contribution in [3.63, 3.8) is 0 Å². The van der Waals surface area contributed by atoms with Gasteiger partial charge < -0.3 is 5.73 Å². The summed E-state index contributed by atoms with van der Waals surface area (Å²) in [5.74, 6) is 0.180. The predicted octanol–water partition coefficient (Wildman–Crippen LogP) is 3.57. The Kier molecular flexibility index (Phi) is 4.28. The van der Waals surface area contributed by atoms with E-state index in [1.165, 1.54) is 0 Å². The van der Waals surface area contributed by atoms with Crippen LogP contribution in [0.4, 0.5) is 4.39 Å².